The summed E-state index contributed by atoms with van der Waals surface area (Å²) < 4.78 is 4.37. The van der Waals surface area contributed by atoms with Crippen molar-refractivity contribution in [1.29, 1.82) is 0 Å². The van der Waals surface area contributed by atoms with Gasteiger partial charge in [-0.15, -0.1) is 0 Å². The van der Waals surface area contributed by atoms with Crippen molar-refractivity contribution in [3.63, 3.8) is 0 Å². The average molecular weight is 174 g/mol. The van der Waals surface area contributed by atoms with Crippen molar-refractivity contribution in [2.45, 2.75) is 26.2 Å². The zero-order chi connectivity index (χ0) is 9.56. The van der Waals surface area contributed by atoms with Crippen LogP contribution in [0, 0.1) is 5.92 Å². The second kappa shape index (κ2) is 5.57. The lowest BCUT2D eigenvalue weighted by Crippen LogP contribution is -2.18. The van der Waals surface area contributed by atoms with Gasteiger partial charge >= 0.3 is 11.9 Å². The molecule has 1 N–H and O–H groups in total. The molecule has 0 aliphatic rings. The van der Waals surface area contributed by atoms with Crippen molar-refractivity contribution in [1.82, 2.24) is 0 Å². The van der Waals surface area contributed by atoms with Crippen LogP contribution >= 0.6 is 0 Å². The van der Waals surface area contributed by atoms with Gasteiger partial charge in [-0.1, -0.05) is 13.3 Å². The van der Waals surface area contributed by atoms with E-state index in [9.17, 15) is 9.59 Å². The molecule has 0 heterocycles. The smallest absolute Gasteiger partial charge is 0.307 e. The van der Waals surface area contributed by atoms with Crippen LogP contribution in [-0.2, 0) is 14.3 Å². The summed E-state index contributed by atoms with van der Waals surface area (Å²) in [5.74, 6) is -1.99. The number of carbonyl (C=O) groups is 2. The quantitative estimate of drug-likeness (QED) is 0.633. The molecule has 0 radical (unpaired) electrons. The SMILES string of the molecule is CCCC(CC(=O)OC)C(=O)O. The Morgan fingerprint density at radius 1 is 1.50 bits per heavy atom. The van der Waals surface area contributed by atoms with Crippen molar-refractivity contribution in [3.8, 4) is 0 Å². The Bertz CT molecular complexity index is 162. The molecule has 1 atom stereocenters. The maximum atomic E-state index is 10.7. The fourth-order valence-corrected chi connectivity index (χ4v) is 0.946. The minimum absolute atomic E-state index is 0.0281. The molecule has 0 amide bonds. The van der Waals surface area contributed by atoms with Crippen LogP contribution in [0.3, 0.4) is 0 Å². The first-order chi connectivity index (χ1) is 5.61. The molecule has 4 heteroatoms. The molecule has 4 nitrogen and oxygen atoms in total. The molecule has 0 rings (SSSR count). The lowest BCUT2D eigenvalue weighted by atomic mass is 10.0. The molecule has 0 spiro atoms. The lowest BCUT2D eigenvalue weighted by molar-refractivity contribution is -0.150. The van der Waals surface area contributed by atoms with E-state index in [1.807, 2.05) is 6.92 Å². The molecule has 0 aromatic carbocycles. The summed E-state index contributed by atoms with van der Waals surface area (Å²) in [6.07, 6.45) is 1.25. The topological polar surface area (TPSA) is 63.6 Å². The van der Waals surface area contributed by atoms with E-state index in [0.29, 0.717) is 6.42 Å². The molecular weight excluding hydrogens is 160 g/mol. The van der Waals surface area contributed by atoms with E-state index in [2.05, 4.69) is 4.74 Å². The summed E-state index contributed by atoms with van der Waals surface area (Å²) in [4.78, 5) is 21.2. The van der Waals surface area contributed by atoms with Crippen LogP contribution in [0.15, 0.2) is 0 Å². The molecule has 12 heavy (non-hydrogen) atoms. The van der Waals surface area contributed by atoms with E-state index in [1.165, 1.54) is 7.11 Å². The molecule has 0 aromatic rings. The third-order valence-electron chi connectivity index (χ3n) is 1.63. The minimum atomic E-state index is -0.928. The number of methoxy groups -OCH3 is 1. The Hall–Kier alpha value is -1.06. The van der Waals surface area contributed by atoms with Crippen molar-refractivity contribution in [2.75, 3.05) is 7.11 Å². The molecule has 0 saturated carbocycles. The number of ether oxygens (including phenoxy) is 1. The van der Waals surface area contributed by atoms with Gasteiger partial charge in [-0.25, -0.2) is 0 Å². The highest BCUT2D eigenvalue weighted by Crippen LogP contribution is 2.11. The molecule has 0 fully saturated rings. The van der Waals surface area contributed by atoms with Gasteiger partial charge in [0, 0.05) is 0 Å². The van der Waals surface area contributed by atoms with Crippen LogP contribution < -0.4 is 0 Å². The summed E-state index contributed by atoms with van der Waals surface area (Å²) >= 11 is 0. The second-order valence-corrected chi connectivity index (χ2v) is 2.60. The molecule has 70 valence electrons. The molecule has 0 aliphatic carbocycles. The van der Waals surface area contributed by atoms with Gasteiger partial charge in [0.15, 0.2) is 0 Å². The third-order valence-corrected chi connectivity index (χ3v) is 1.63. The summed E-state index contributed by atoms with van der Waals surface area (Å²) in [7, 11) is 1.26. The normalized spacial score (nSPS) is 12.2. The number of esters is 1. The molecule has 0 bridgehead atoms. The van der Waals surface area contributed by atoms with Crippen LogP contribution in [0.25, 0.3) is 0 Å². The zero-order valence-electron chi connectivity index (χ0n) is 7.37. The summed E-state index contributed by atoms with van der Waals surface area (Å²) in [6, 6.07) is 0. The van der Waals surface area contributed by atoms with Crippen molar-refractivity contribution in [3.05, 3.63) is 0 Å². The number of hydrogen-bond donors (Lipinski definition) is 1. The second-order valence-electron chi connectivity index (χ2n) is 2.60. The number of carboxylic acid groups (broad SMARTS) is 1. The summed E-state index contributed by atoms with van der Waals surface area (Å²) in [5, 5.41) is 8.64. The highest BCUT2D eigenvalue weighted by Gasteiger charge is 2.20. The largest absolute Gasteiger partial charge is 0.481 e. The number of rotatable bonds is 5. The highest BCUT2D eigenvalue weighted by molar-refractivity contribution is 5.78. The zero-order valence-corrected chi connectivity index (χ0v) is 7.37. The Morgan fingerprint density at radius 3 is 2.42 bits per heavy atom. The number of carboxylic acids is 1. The molecule has 0 aliphatic heterocycles. The number of aliphatic carboxylic acids is 1. The van der Waals surface area contributed by atoms with Gasteiger partial charge in [0.2, 0.25) is 0 Å². The first-order valence-electron chi connectivity index (χ1n) is 3.91. The van der Waals surface area contributed by atoms with Gasteiger partial charge in [0.05, 0.1) is 19.4 Å². The highest BCUT2D eigenvalue weighted by atomic mass is 16.5. The van der Waals surface area contributed by atoms with E-state index in [-0.39, 0.29) is 6.42 Å². The lowest BCUT2D eigenvalue weighted by Gasteiger charge is -2.08. The van der Waals surface area contributed by atoms with Crippen LogP contribution in [-0.4, -0.2) is 24.2 Å². The fourth-order valence-electron chi connectivity index (χ4n) is 0.946. The molecule has 0 aromatic heterocycles. The first kappa shape index (κ1) is 10.9. The molecule has 1 unspecified atom stereocenters. The van der Waals surface area contributed by atoms with E-state index >= 15 is 0 Å². The van der Waals surface area contributed by atoms with E-state index < -0.39 is 17.9 Å². The van der Waals surface area contributed by atoms with Gasteiger partial charge in [-0.2, -0.15) is 0 Å². The summed E-state index contributed by atoms with van der Waals surface area (Å²) in [5.41, 5.74) is 0. The van der Waals surface area contributed by atoms with E-state index in [0.717, 1.165) is 6.42 Å². The van der Waals surface area contributed by atoms with Gasteiger partial charge in [-0.05, 0) is 6.42 Å². The predicted octanol–water partition coefficient (Wildman–Crippen LogP) is 1.05. The maximum absolute atomic E-state index is 10.7. The van der Waals surface area contributed by atoms with Gasteiger partial charge < -0.3 is 9.84 Å². The Morgan fingerprint density at radius 2 is 2.08 bits per heavy atom. The number of hydrogen-bond acceptors (Lipinski definition) is 3. The van der Waals surface area contributed by atoms with E-state index in [1.54, 1.807) is 0 Å². The predicted molar refractivity (Wildman–Crippen MR) is 42.7 cm³/mol. The fraction of sp³-hybridized carbons (Fsp3) is 0.750. The van der Waals surface area contributed by atoms with Crippen LogP contribution in [0.4, 0.5) is 0 Å². The van der Waals surface area contributed by atoms with Crippen molar-refractivity contribution >= 4 is 11.9 Å². The molecular formula is C8H14O4. The Kier molecular flexibility index (Phi) is 5.08. The monoisotopic (exact) mass is 174 g/mol. The third kappa shape index (κ3) is 3.95. The van der Waals surface area contributed by atoms with Crippen LogP contribution in [0.2, 0.25) is 0 Å². The van der Waals surface area contributed by atoms with Crippen molar-refractivity contribution < 1.29 is 19.4 Å². The van der Waals surface area contributed by atoms with Gasteiger partial charge in [0.1, 0.15) is 0 Å². The molecule has 0 saturated heterocycles. The Labute approximate surface area is 71.5 Å². The first-order valence-corrected chi connectivity index (χ1v) is 3.91. The standard InChI is InChI=1S/C8H14O4/c1-3-4-6(8(10)11)5-7(9)12-2/h6H,3-5H2,1-2H3,(H,10,11). The Balaban J connectivity index is 3.95. The van der Waals surface area contributed by atoms with E-state index in [4.69, 9.17) is 5.11 Å². The average Bonchev–Trinajstić information content (AvgIpc) is 2.03. The summed E-state index contributed by atoms with van der Waals surface area (Å²) in [6.45, 7) is 1.88. The van der Waals surface area contributed by atoms with Gasteiger partial charge in [0.25, 0.3) is 0 Å². The minimum Gasteiger partial charge on any atom is -0.481 e. The van der Waals surface area contributed by atoms with Crippen molar-refractivity contribution in [2.24, 2.45) is 5.92 Å². The number of carbonyl (C=O) groups excluding carboxylic acids is 1. The maximum Gasteiger partial charge on any atom is 0.307 e. The van der Waals surface area contributed by atoms with Crippen LogP contribution in [0.5, 0.6) is 0 Å². The van der Waals surface area contributed by atoms with Gasteiger partial charge in [-0.3, -0.25) is 9.59 Å². The van der Waals surface area contributed by atoms with Crippen LogP contribution in [0.1, 0.15) is 26.2 Å².